The Morgan fingerprint density at radius 2 is 1.08 bits per heavy atom. The first kappa shape index (κ1) is 38.5. The SMILES string of the molecule is C.O=C(O)CSc1nnc(Br)n1-c1ccc(C2CC2)c2ccccc12.O=C([O-])CSc1nnc(Br)n1-c1ccc(C2CC2)c2ccccc12.[Na+]. The summed E-state index contributed by atoms with van der Waals surface area (Å²) in [7, 11) is 0. The molecule has 0 amide bonds. The summed E-state index contributed by atoms with van der Waals surface area (Å²) >= 11 is 9.12. The number of benzene rings is 4. The Balaban J connectivity index is 0.000000187. The summed E-state index contributed by atoms with van der Waals surface area (Å²) in [5.74, 6) is -0.902. The first-order valence-electron chi connectivity index (χ1n) is 15.2. The second-order valence-electron chi connectivity index (χ2n) is 11.5. The summed E-state index contributed by atoms with van der Waals surface area (Å²) in [5.41, 5.74) is 4.66. The van der Waals surface area contributed by atoms with Gasteiger partial charge in [-0.25, -0.2) is 0 Å². The van der Waals surface area contributed by atoms with Gasteiger partial charge in [-0.3, -0.25) is 13.9 Å². The van der Waals surface area contributed by atoms with Gasteiger partial charge in [-0.2, -0.15) is 0 Å². The van der Waals surface area contributed by atoms with Crippen LogP contribution in [0.2, 0.25) is 0 Å². The predicted molar refractivity (Wildman–Crippen MR) is 198 cm³/mol. The molecule has 2 aromatic heterocycles. The number of carboxylic acids is 2. The van der Waals surface area contributed by atoms with Gasteiger partial charge < -0.3 is 15.0 Å². The first-order chi connectivity index (χ1) is 23.3. The van der Waals surface area contributed by atoms with Crippen molar-refractivity contribution < 1.29 is 49.4 Å². The molecule has 0 spiro atoms. The minimum atomic E-state index is -1.13. The molecule has 0 aliphatic heterocycles. The molecule has 2 fully saturated rings. The average Bonchev–Trinajstić information content (AvgIpc) is 4.03. The number of rotatable bonds is 10. The Labute approximate surface area is 336 Å². The van der Waals surface area contributed by atoms with E-state index in [1.165, 1.54) is 47.6 Å². The van der Waals surface area contributed by atoms with Crippen LogP contribution in [0.15, 0.2) is 92.6 Å². The molecule has 10 nitrogen and oxygen atoms in total. The summed E-state index contributed by atoms with van der Waals surface area (Å²) in [6, 6.07) is 25.1. The summed E-state index contributed by atoms with van der Waals surface area (Å²) in [6.45, 7) is 0. The molecule has 6 aromatic rings. The van der Waals surface area contributed by atoms with Crippen molar-refractivity contribution in [3.05, 3.63) is 93.4 Å². The maximum atomic E-state index is 10.9. The van der Waals surface area contributed by atoms with Gasteiger partial charge in [-0.1, -0.05) is 91.6 Å². The van der Waals surface area contributed by atoms with Crippen LogP contribution in [0.25, 0.3) is 32.9 Å². The fourth-order valence-electron chi connectivity index (χ4n) is 5.85. The molecule has 50 heavy (non-hydrogen) atoms. The number of aliphatic carboxylic acids is 2. The smallest absolute Gasteiger partial charge is 0.549 e. The van der Waals surface area contributed by atoms with Gasteiger partial charge in [-0.15, -0.1) is 20.4 Å². The molecule has 252 valence electrons. The zero-order valence-corrected chi connectivity index (χ0v) is 33.1. The largest absolute Gasteiger partial charge is 1.00 e. The number of nitrogens with zero attached hydrogens (tertiary/aromatic N) is 6. The van der Waals surface area contributed by atoms with Crippen LogP contribution in [0.5, 0.6) is 0 Å². The molecule has 2 aliphatic carbocycles. The van der Waals surface area contributed by atoms with E-state index in [1.807, 2.05) is 27.3 Å². The van der Waals surface area contributed by atoms with E-state index in [2.05, 4.69) is 107 Å². The first-order valence-corrected chi connectivity index (χ1v) is 18.8. The van der Waals surface area contributed by atoms with Crippen LogP contribution in [0.1, 0.15) is 56.1 Å². The number of carbonyl (C=O) groups excluding carboxylic acids is 1. The van der Waals surface area contributed by atoms with Crippen molar-refractivity contribution in [1.29, 1.82) is 0 Å². The minimum absolute atomic E-state index is 0. The fourth-order valence-corrected chi connectivity index (χ4v) is 8.29. The Morgan fingerprint density at radius 3 is 1.46 bits per heavy atom. The van der Waals surface area contributed by atoms with Crippen LogP contribution in [0.3, 0.4) is 0 Å². The van der Waals surface area contributed by atoms with Crippen LogP contribution in [0, 0.1) is 0 Å². The quantitative estimate of drug-likeness (QED) is 0.152. The fraction of sp³-hybridized carbons (Fsp3) is 0.257. The molecule has 0 unspecified atom stereocenters. The van der Waals surface area contributed by atoms with Crippen molar-refractivity contribution in [1.82, 2.24) is 29.5 Å². The predicted octanol–water partition coefficient (Wildman–Crippen LogP) is 4.78. The minimum Gasteiger partial charge on any atom is -0.549 e. The van der Waals surface area contributed by atoms with Gasteiger partial charge in [-0.05, 0) is 103 Å². The zero-order valence-electron chi connectivity index (χ0n) is 26.3. The third-order valence-electron chi connectivity index (χ3n) is 8.22. The molecule has 4 aromatic carbocycles. The van der Waals surface area contributed by atoms with Gasteiger partial charge in [0.2, 0.25) is 9.47 Å². The normalized spacial score (nSPS) is 13.6. The Bertz CT molecular complexity index is 2030. The van der Waals surface area contributed by atoms with Crippen molar-refractivity contribution in [3.63, 3.8) is 0 Å². The van der Waals surface area contributed by atoms with E-state index < -0.39 is 11.9 Å². The average molecular weight is 847 g/mol. The van der Waals surface area contributed by atoms with Gasteiger partial charge >= 0.3 is 35.5 Å². The van der Waals surface area contributed by atoms with Gasteiger partial charge in [0, 0.05) is 16.5 Å². The van der Waals surface area contributed by atoms with Crippen molar-refractivity contribution in [2.45, 2.75) is 55.3 Å². The summed E-state index contributed by atoms with van der Waals surface area (Å²) in [5, 5.41) is 41.8. The third kappa shape index (κ3) is 8.32. The Hall–Kier alpha value is -2.72. The van der Waals surface area contributed by atoms with Gasteiger partial charge in [0.05, 0.1) is 23.1 Å². The van der Waals surface area contributed by atoms with E-state index in [0.717, 1.165) is 45.7 Å². The molecule has 15 heteroatoms. The van der Waals surface area contributed by atoms with E-state index in [0.29, 0.717) is 31.6 Å². The number of hydrogen-bond acceptors (Lipinski definition) is 9. The molecule has 0 saturated heterocycles. The second kappa shape index (κ2) is 16.7. The molecule has 8 rings (SSSR count). The molecule has 2 heterocycles. The second-order valence-corrected chi connectivity index (χ2v) is 14.8. The van der Waals surface area contributed by atoms with Crippen LogP contribution in [-0.4, -0.2) is 58.1 Å². The summed E-state index contributed by atoms with van der Waals surface area (Å²) in [4.78, 5) is 21.6. The molecule has 2 saturated carbocycles. The van der Waals surface area contributed by atoms with Crippen LogP contribution in [0.4, 0.5) is 0 Å². The monoisotopic (exact) mass is 844 g/mol. The number of fused-ring (bicyclic) bond motifs is 2. The van der Waals surface area contributed by atoms with E-state index in [9.17, 15) is 14.7 Å². The van der Waals surface area contributed by atoms with Crippen LogP contribution >= 0.6 is 55.4 Å². The summed E-state index contributed by atoms with van der Waals surface area (Å²) < 4.78 is 4.83. The number of aromatic nitrogens is 6. The number of thioether (sulfide) groups is 2. The topological polar surface area (TPSA) is 139 Å². The Kier molecular flexibility index (Phi) is 12.9. The maximum absolute atomic E-state index is 10.9. The van der Waals surface area contributed by atoms with E-state index in [4.69, 9.17) is 5.11 Å². The zero-order chi connectivity index (χ0) is 33.4. The standard InChI is InChI=1S/2C17H14BrN3O2S.CH4.Na/c2*18-16-19-20-17(24-9-15(22)23)21(16)14-8-7-11(10-5-6-10)12-3-1-2-4-13(12)14;;/h2*1-4,7-8,10H,5-6,9H2,(H,22,23);1H4;/q;;;+1/p-1. The van der Waals surface area contributed by atoms with E-state index in [-0.39, 0.29) is 48.5 Å². The molecule has 0 bridgehead atoms. The third-order valence-corrected chi connectivity index (χ3v) is 11.1. The van der Waals surface area contributed by atoms with Crippen molar-refractivity contribution in [3.8, 4) is 11.4 Å². The number of carbonyl (C=O) groups is 2. The number of hydrogen-bond donors (Lipinski definition) is 1. The van der Waals surface area contributed by atoms with E-state index in [1.54, 1.807) is 0 Å². The van der Waals surface area contributed by atoms with Crippen LogP contribution in [-0.2, 0) is 9.59 Å². The molecular formula is C35H31Br2N6NaO4S2. The Morgan fingerprint density at radius 1 is 0.680 bits per heavy atom. The van der Waals surface area contributed by atoms with Crippen molar-refractivity contribution in [2.75, 3.05) is 11.5 Å². The van der Waals surface area contributed by atoms with Gasteiger partial charge in [0.1, 0.15) is 0 Å². The van der Waals surface area contributed by atoms with Crippen LogP contribution < -0.4 is 34.7 Å². The number of carboxylic acid groups (broad SMARTS) is 2. The van der Waals surface area contributed by atoms with Crippen molar-refractivity contribution in [2.24, 2.45) is 0 Å². The molecule has 1 N–H and O–H groups in total. The molecule has 0 radical (unpaired) electrons. The molecule has 0 atom stereocenters. The van der Waals surface area contributed by atoms with E-state index >= 15 is 0 Å². The van der Waals surface area contributed by atoms with Crippen molar-refractivity contribution >= 4 is 88.9 Å². The van der Waals surface area contributed by atoms with Gasteiger partial charge in [0.25, 0.3) is 0 Å². The maximum Gasteiger partial charge on any atom is 1.00 e. The summed E-state index contributed by atoms with van der Waals surface area (Å²) in [6.07, 6.45) is 4.98. The number of halogens is 2. The molecule has 2 aliphatic rings. The molecular weight excluding hydrogens is 815 g/mol. The van der Waals surface area contributed by atoms with Gasteiger partial charge in [0.15, 0.2) is 10.3 Å².